The number of hydrogen-bond acceptors (Lipinski definition) is 1. The van der Waals surface area contributed by atoms with Gasteiger partial charge in [0, 0.05) is 19.3 Å². The van der Waals surface area contributed by atoms with Crippen LogP contribution in [0.25, 0.3) is 0 Å². The Labute approximate surface area is 125 Å². The normalized spacial score (nSPS) is 25.4. The lowest BCUT2D eigenvalue weighted by Crippen LogP contribution is -2.41. The van der Waals surface area contributed by atoms with Crippen molar-refractivity contribution in [2.24, 2.45) is 17.3 Å². The van der Waals surface area contributed by atoms with Gasteiger partial charge in [-0.25, -0.2) is 0 Å². The Morgan fingerprint density at radius 2 is 1.90 bits per heavy atom. The van der Waals surface area contributed by atoms with Crippen LogP contribution in [-0.2, 0) is 6.42 Å². The highest BCUT2D eigenvalue weighted by Gasteiger charge is 2.38. The van der Waals surface area contributed by atoms with Crippen LogP contribution in [0.5, 0.6) is 0 Å². The molecule has 1 heteroatoms. The van der Waals surface area contributed by atoms with Crippen molar-refractivity contribution >= 4 is 5.69 Å². The molecule has 1 fully saturated rings. The van der Waals surface area contributed by atoms with Gasteiger partial charge < -0.3 is 4.90 Å². The number of para-hydroxylation sites is 1. The maximum atomic E-state index is 2.49. The van der Waals surface area contributed by atoms with E-state index in [1.54, 1.807) is 0 Å². The maximum absolute atomic E-state index is 2.49. The first-order valence-corrected chi connectivity index (χ1v) is 8.25. The second kappa shape index (κ2) is 6.20. The standard InChI is InChI=1S/C19H31N/c1-6-16-11-7-8-13-18(16)20(5)14-17-12-9-10-15(2)19(17,3)4/h7-8,11,13,15,17H,6,9-10,12,14H2,1-5H3. The van der Waals surface area contributed by atoms with Crippen LogP contribution in [0.15, 0.2) is 24.3 Å². The highest BCUT2D eigenvalue weighted by molar-refractivity contribution is 5.53. The van der Waals surface area contributed by atoms with Crippen molar-refractivity contribution in [1.82, 2.24) is 0 Å². The van der Waals surface area contributed by atoms with Gasteiger partial charge in [0.05, 0.1) is 0 Å². The molecule has 0 aliphatic heterocycles. The van der Waals surface area contributed by atoms with Crippen LogP contribution in [0.1, 0.15) is 52.5 Å². The molecule has 0 aromatic heterocycles. The van der Waals surface area contributed by atoms with Gasteiger partial charge in [0.1, 0.15) is 0 Å². The fourth-order valence-electron chi connectivity index (χ4n) is 3.75. The lowest BCUT2D eigenvalue weighted by Gasteiger charge is -2.45. The number of benzene rings is 1. The molecule has 1 aromatic carbocycles. The number of hydrogen-bond donors (Lipinski definition) is 0. The Hall–Kier alpha value is -0.980. The molecule has 112 valence electrons. The van der Waals surface area contributed by atoms with Crippen LogP contribution >= 0.6 is 0 Å². The Kier molecular flexibility index (Phi) is 4.78. The van der Waals surface area contributed by atoms with E-state index in [4.69, 9.17) is 0 Å². The molecule has 1 aromatic rings. The van der Waals surface area contributed by atoms with E-state index in [0.29, 0.717) is 5.41 Å². The second-order valence-electron chi connectivity index (χ2n) is 7.21. The van der Waals surface area contributed by atoms with E-state index in [-0.39, 0.29) is 0 Å². The maximum Gasteiger partial charge on any atom is 0.0396 e. The number of anilines is 1. The van der Waals surface area contributed by atoms with Gasteiger partial charge in [0.25, 0.3) is 0 Å². The van der Waals surface area contributed by atoms with E-state index >= 15 is 0 Å². The predicted molar refractivity (Wildman–Crippen MR) is 89.4 cm³/mol. The third-order valence-corrected chi connectivity index (χ3v) is 5.79. The summed E-state index contributed by atoms with van der Waals surface area (Å²) in [6.07, 6.45) is 5.30. The summed E-state index contributed by atoms with van der Waals surface area (Å²) in [5, 5.41) is 0. The summed E-state index contributed by atoms with van der Waals surface area (Å²) in [7, 11) is 2.27. The SMILES string of the molecule is CCc1ccccc1N(C)CC1CCCC(C)C1(C)C. The van der Waals surface area contributed by atoms with Crippen LogP contribution < -0.4 is 4.90 Å². The third-order valence-electron chi connectivity index (χ3n) is 5.79. The van der Waals surface area contributed by atoms with Gasteiger partial charge in [0.2, 0.25) is 0 Å². The highest BCUT2D eigenvalue weighted by atomic mass is 15.1. The summed E-state index contributed by atoms with van der Waals surface area (Å²) in [6.45, 7) is 10.8. The van der Waals surface area contributed by atoms with Gasteiger partial charge in [-0.1, -0.05) is 58.7 Å². The molecule has 0 saturated heterocycles. The smallest absolute Gasteiger partial charge is 0.0396 e. The van der Waals surface area contributed by atoms with Crippen LogP contribution in [0.3, 0.4) is 0 Å². The van der Waals surface area contributed by atoms with Crippen molar-refractivity contribution in [2.45, 2.75) is 53.4 Å². The van der Waals surface area contributed by atoms with Gasteiger partial charge in [-0.2, -0.15) is 0 Å². The van der Waals surface area contributed by atoms with Gasteiger partial charge >= 0.3 is 0 Å². The lowest BCUT2D eigenvalue weighted by molar-refractivity contribution is 0.0755. The molecule has 2 unspecified atom stereocenters. The monoisotopic (exact) mass is 273 g/mol. The Balaban J connectivity index is 2.12. The van der Waals surface area contributed by atoms with Crippen molar-refractivity contribution < 1.29 is 0 Å². The third kappa shape index (κ3) is 3.02. The molecule has 20 heavy (non-hydrogen) atoms. The summed E-state index contributed by atoms with van der Waals surface area (Å²) in [5.74, 6) is 1.65. The average Bonchev–Trinajstić information content (AvgIpc) is 2.44. The first kappa shape index (κ1) is 15.4. The highest BCUT2D eigenvalue weighted by Crippen LogP contribution is 2.45. The molecular weight excluding hydrogens is 242 g/mol. The minimum absolute atomic E-state index is 0.466. The number of nitrogens with zero attached hydrogens (tertiary/aromatic N) is 1. The minimum Gasteiger partial charge on any atom is -0.374 e. The molecule has 0 radical (unpaired) electrons. The van der Waals surface area contributed by atoms with Crippen molar-refractivity contribution in [3.8, 4) is 0 Å². The zero-order valence-corrected chi connectivity index (χ0v) is 13.9. The molecular formula is C19H31N. The van der Waals surface area contributed by atoms with E-state index < -0.39 is 0 Å². The minimum atomic E-state index is 0.466. The summed E-state index contributed by atoms with van der Waals surface area (Å²) in [6, 6.07) is 8.86. The molecule has 1 nitrogen and oxygen atoms in total. The van der Waals surface area contributed by atoms with Crippen LogP contribution in [0, 0.1) is 17.3 Å². The summed E-state index contributed by atoms with van der Waals surface area (Å²) >= 11 is 0. The molecule has 0 bridgehead atoms. The Morgan fingerprint density at radius 1 is 1.20 bits per heavy atom. The predicted octanol–water partition coefficient (Wildman–Crippen LogP) is 5.15. The van der Waals surface area contributed by atoms with E-state index in [1.165, 1.54) is 37.1 Å². The molecule has 1 aliphatic rings. The summed E-state index contributed by atoms with van der Waals surface area (Å²) in [5.41, 5.74) is 3.36. The van der Waals surface area contributed by atoms with Gasteiger partial charge in [-0.05, 0) is 41.7 Å². The Bertz CT molecular complexity index is 435. The van der Waals surface area contributed by atoms with Crippen LogP contribution in [0.4, 0.5) is 5.69 Å². The fourth-order valence-corrected chi connectivity index (χ4v) is 3.75. The molecule has 1 saturated carbocycles. The van der Waals surface area contributed by atoms with Crippen molar-refractivity contribution in [3.05, 3.63) is 29.8 Å². The van der Waals surface area contributed by atoms with Crippen molar-refractivity contribution in [1.29, 1.82) is 0 Å². The van der Waals surface area contributed by atoms with E-state index in [9.17, 15) is 0 Å². The van der Waals surface area contributed by atoms with E-state index in [0.717, 1.165) is 18.3 Å². The average molecular weight is 273 g/mol. The van der Waals surface area contributed by atoms with Gasteiger partial charge in [-0.15, -0.1) is 0 Å². The quantitative estimate of drug-likeness (QED) is 0.733. The molecule has 0 amide bonds. The molecule has 1 aliphatic carbocycles. The van der Waals surface area contributed by atoms with Gasteiger partial charge in [0.15, 0.2) is 0 Å². The van der Waals surface area contributed by atoms with Crippen molar-refractivity contribution in [2.75, 3.05) is 18.5 Å². The number of aryl methyl sites for hydroxylation is 1. The molecule has 0 spiro atoms. The number of rotatable bonds is 4. The van der Waals surface area contributed by atoms with Crippen LogP contribution in [0.2, 0.25) is 0 Å². The lowest BCUT2D eigenvalue weighted by atomic mass is 9.63. The second-order valence-corrected chi connectivity index (χ2v) is 7.21. The first-order valence-electron chi connectivity index (χ1n) is 8.25. The topological polar surface area (TPSA) is 3.24 Å². The van der Waals surface area contributed by atoms with E-state index in [1.807, 2.05) is 0 Å². The largest absolute Gasteiger partial charge is 0.374 e. The van der Waals surface area contributed by atoms with E-state index in [2.05, 4.69) is 63.9 Å². The fraction of sp³-hybridized carbons (Fsp3) is 0.684. The summed E-state index contributed by atoms with van der Waals surface area (Å²) < 4.78 is 0. The zero-order valence-electron chi connectivity index (χ0n) is 13.9. The zero-order chi connectivity index (χ0) is 14.8. The first-order chi connectivity index (χ1) is 9.46. The van der Waals surface area contributed by atoms with Crippen molar-refractivity contribution in [3.63, 3.8) is 0 Å². The molecule has 0 N–H and O–H groups in total. The molecule has 2 atom stereocenters. The van der Waals surface area contributed by atoms with Crippen LogP contribution in [-0.4, -0.2) is 13.6 Å². The van der Waals surface area contributed by atoms with Gasteiger partial charge in [-0.3, -0.25) is 0 Å². The molecule has 0 heterocycles. The molecule has 2 rings (SSSR count). The summed E-state index contributed by atoms with van der Waals surface area (Å²) in [4.78, 5) is 2.49. The Morgan fingerprint density at radius 3 is 2.60 bits per heavy atom.